The highest BCUT2D eigenvalue weighted by atomic mass is 35.5. The second-order valence-electron chi connectivity index (χ2n) is 3.35. The smallest absolute Gasteiger partial charge is 0.223 e. The lowest BCUT2D eigenvalue weighted by Gasteiger charge is -2.08. The van der Waals surface area contributed by atoms with Crippen molar-refractivity contribution >= 4 is 28.3 Å². The number of fused-ring (bicyclic) bond motifs is 1. The molecule has 0 aliphatic carbocycles. The van der Waals surface area contributed by atoms with E-state index in [0.717, 1.165) is 5.39 Å². The number of hydrogen-bond donors (Lipinski definition) is 0. The van der Waals surface area contributed by atoms with Gasteiger partial charge in [0.05, 0.1) is 19.7 Å². The lowest BCUT2D eigenvalue weighted by Crippen LogP contribution is -1.96. The molecule has 17 heavy (non-hydrogen) atoms. The van der Waals surface area contributed by atoms with Gasteiger partial charge in [0, 0.05) is 11.5 Å². The molecular formula is C12H11ClN2O2. The van der Waals surface area contributed by atoms with E-state index in [2.05, 4.69) is 16.5 Å². The Morgan fingerprint density at radius 2 is 2.06 bits per heavy atom. The summed E-state index contributed by atoms with van der Waals surface area (Å²) in [7, 11) is 3.13. The van der Waals surface area contributed by atoms with Gasteiger partial charge in [-0.25, -0.2) is 9.97 Å². The zero-order valence-electron chi connectivity index (χ0n) is 9.53. The van der Waals surface area contributed by atoms with Crippen molar-refractivity contribution in [1.82, 2.24) is 9.97 Å². The molecule has 4 nitrogen and oxygen atoms in total. The molecule has 0 fully saturated rings. The summed E-state index contributed by atoms with van der Waals surface area (Å²) in [5.74, 6) is 1.16. The van der Waals surface area contributed by atoms with Gasteiger partial charge < -0.3 is 9.47 Å². The van der Waals surface area contributed by atoms with Crippen LogP contribution in [0.2, 0.25) is 5.28 Å². The molecule has 0 aliphatic rings. The van der Waals surface area contributed by atoms with Gasteiger partial charge in [0.1, 0.15) is 17.2 Å². The zero-order chi connectivity index (χ0) is 12.4. The van der Waals surface area contributed by atoms with Gasteiger partial charge in [-0.15, -0.1) is 0 Å². The van der Waals surface area contributed by atoms with Crippen molar-refractivity contribution in [2.24, 2.45) is 0 Å². The van der Waals surface area contributed by atoms with Crippen LogP contribution in [0.3, 0.4) is 0 Å². The molecule has 0 saturated heterocycles. The molecule has 2 rings (SSSR count). The SMILES string of the molecule is C=C(OC)c1nc(Cl)nc2cc(OC)ccc12. The molecule has 1 aromatic heterocycles. The van der Waals surface area contributed by atoms with E-state index in [-0.39, 0.29) is 5.28 Å². The minimum absolute atomic E-state index is 0.152. The molecule has 88 valence electrons. The van der Waals surface area contributed by atoms with Gasteiger partial charge >= 0.3 is 0 Å². The predicted molar refractivity (Wildman–Crippen MR) is 67.1 cm³/mol. The van der Waals surface area contributed by atoms with Gasteiger partial charge in [0.25, 0.3) is 0 Å². The number of benzene rings is 1. The number of methoxy groups -OCH3 is 2. The van der Waals surface area contributed by atoms with E-state index in [9.17, 15) is 0 Å². The van der Waals surface area contributed by atoms with Crippen LogP contribution < -0.4 is 4.74 Å². The van der Waals surface area contributed by atoms with Crippen molar-refractivity contribution in [2.45, 2.75) is 0 Å². The van der Waals surface area contributed by atoms with Crippen LogP contribution in [0.4, 0.5) is 0 Å². The Kier molecular flexibility index (Phi) is 3.15. The van der Waals surface area contributed by atoms with Crippen molar-refractivity contribution in [3.05, 3.63) is 35.8 Å². The van der Waals surface area contributed by atoms with Crippen molar-refractivity contribution in [2.75, 3.05) is 14.2 Å². The van der Waals surface area contributed by atoms with Crippen LogP contribution in [-0.2, 0) is 4.74 Å². The summed E-state index contributed by atoms with van der Waals surface area (Å²) in [6.45, 7) is 3.77. The summed E-state index contributed by atoms with van der Waals surface area (Å²) in [6.07, 6.45) is 0. The van der Waals surface area contributed by atoms with Crippen LogP contribution in [0.25, 0.3) is 16.7 Å². The van der Waals surface area contributed by atoms with Crippen molar-refractivity contribution in [1.29, 1.82) is 0 Å². The minimum Gasteiger partial charge on any atom is -0.497 e. The summed E-state index contributed by atoms with van der Waals surface area (Å²) >= 11 is 5.86. The number of aromatic nitrogens is 2. The first-order valence-electron chi connectivity index (χ1n) is 4.90. The van der Waals surface area contributed by atoms with Gasteiger partial charge in [0.2, 0.25) is 5.28 Å². The molecule has 0 spiro atoms. The van der Waals surface area contributed by atoms with Gasteiger partial charge in [-0.2, -0.15) is 0 Å². The van der Waals surface area contributed by atoms with Gasteiger partial charge in [-0.3, -0.25) is 0 Å². The molecule has 0 saturated carbocycles. The molecule has 1 heterocycles. The van der Waals surface area contributed by atoms with E-state index in [4.69, 9.17) is 21.1 Å². The lowest BCUT2D eigenvalue weighted by molar-refractivity contribution is 0.370. The highest BCUT2D eigenvalue weighted by molar-refractivity contribution is 6.28. The van der Waals surface area contributed by atoms with Crippen molar-refractivity contribution in [3.63, 3.8) is 0 Å². The Morgan fingerprint density at radius 3 is 2.71 bits per heavy atom. The Labute approximate surface area is 104 Å². The number of nitrogens with zero attached hydrogens (tertiary/aromatic N) is 2. The fourth-order valence-corrected chi connectivity index (χ4v) is 1.69. The van der Waals surface area contributed by atoms with E-state index in [0.29, 0.717) is 22.7 Å². The summed E-state index contributed by atoms with van der Waals surface area (Å²) in [5, 5.41) is 0.973. The van der Waals surface area contributed by atoms with Crippen LogP contribution in [-0.4, -0.2) is 24.2 Å². The maximum absolute atomic E-state index is 5.86. The maximum Gasteiger partial charge on any atom is 0.223 e. The summed E-state index contributed by atoms with van der Waals surface area (Å²) < 4.78 is 10.2. The number of ether oxygens (including phenoxy) is 2. The highest BCUT2D eigenvalue weighted by Gasteiger charge is 2.10. The molecule has 0 amide bonds. The Bertz CT molecular complexity index is 584. The molecule has 0 bridgehead atoms. The average Bonchev–Trinajstić information content (AvgIpc) is 2.35. The molecule has 0 aliphatic heterocycles. The Balaban J connectivity index is 2.72. The third kappa shape index (κ3) is 2.17. The summed E-state index contributed by atoms with van der Waals surface area (Å²) in [4.78, 5) is 8.26. The minimum atomic E-state index is 0.152. The molecule has 0 unspecified atom stereocenters. The quantitative estimate of drug-likeness (QED) is 0.621. The van der Waals surface area contributed by atoms with Crippen LogP contribution in [0, 0.1) is 0 Å². The fraction of sp³-hybridized carbons (Fsp3) is 0.167. The second kappa shape index (κ2) is 4.59. The summed E-state index contributed by atoms with van der Waals surface area (Å²) in [5.41, 5.74) is 1.28. The molecule has 0 atom stereocenters. The molecule has 5 heteroatoms. The van der Waals surface area contributed by atoms with Crippen molar-refractivity contribution < 1.29 is 9.47 Å². The lowest BCUT2D eigenvalue weighted by atomic mass is 10.1. The molecule has 1 aromatic carbocycles. The van der Waals surface area contributed by atoms with E-state index in [1.807, 2.05) is 12.1 Å². The first-order valence-corrected chi connectivity index (χ1v) is 5.28. The fourth-order valence-electron chi connectivity index (χ4n) is 1.52. The number of rotatable bonds is 3. The van der Waals surface area contributed by atoms with Gasteiger partial charge in [0.15, 0.2) is 0 Å². The predicted octanol–water partition coefficient (Wildman–Crippen LogP) is 2.91. The molecular weight excluding hydrogens is 240 g/mol. The number of halogens is 1. The normalized spacial score (nSPS) is 10.3. The van der Waals surface area contributed by atoms with Crippen LogP contribution >= 0.6 is 11.6 Å². The van der Waals surface area contributed by atoms with Crippen LogP contribution in [0.5, 0.6) is 5.75 Å². The van der Waals surface area contributed by atoms with Gasteiger partial charge in [-0.1, -0.05) is 6.58 Å². The van der Waals surface area contributed by atoms with E-state index >= 15 is 0 Å². The summed E-state index contributed by atoms with van der Waals surface area (Å²) in [6, 6.07) is 5.46. The van der Waals surface area contributed by atoms with Crippen molar-refractivity contribution in [3.8, 4) is 5.75 Å². The van der Waals surface area contributed by atoms with E-state index < -0.39 is 0 Å². The Morgan fingerprint density at radius 1 is 1.29 bits per heavy atom. The van der Waals surface area contributed by atoms with Crippen LogP contribution in [0.15, 0.2) is 24.8 Å². The topological polar surface area (TPSA) is 44.2 Å². The third-order valence-corrected chi connectivity index (χ3v) is 2.56. The zero-order valence-corrected chi connectivity index (χ0v) is 10.3. The molecule has 0 N–H and O–H groups in total. The second-order valence-corrected chi connectivity index (χ2v) is 3.69. The first kappa shape index (κ1) is 11.7. The monoisotopic (exact) mass is 250 g/mol. The van der Waals surface area contributed by atoms with E-state index in [1.165, 1.54) is 7.11 Å². The molecule has 0 radical (unpaired) electrons. The average molecular weight is 251 g/mol. The standard InChI is InChI=1S/C12H11ClN2O2/c1-7(16-2)11-9-5-4-8(17-3)6-10(9)14-12(13)15-11/h4-6H,1H2,2-3H3. The van der Waals surface area contributed by atoms with Gasteiger partial charge in [-0.05, 0) is 23.7 Å². The van der Waals surface area contributed by atoms with E-state index in [1.54, 1.807) is 13.2 Å². The maximum atomic E-state index is 5.86. The first-order chi connectivity index (χ1) is 8.15. The molecule has 2 aromatic rings. The number of hydrogen-bond acceptors (Lipinski definition) is 4. The third-order valence-electron chi connectivity index (χ3n) is 2.39. The Hall–Kier alpha value is -1.81. The largest absolute Gasteiger partial charge is 0.497 e. The van der Waals surface area contributed by atoms with Crippen LogP contribution in [0.1, 0.15) is 5.69 Å². The highest BCUT2D eigenvalue weighted by Crippen LogP contribution is 2.26.